The van der Waals surface area contributed by atoms with Crippen LogP contribution in [0.1, 0.15) is 36.5 Å². The van der Waals surface area contributed by atoms with Crippen LogP contribution in [0.4, 0.5) is 0 Å². The third-order valence-corrected chi connectivity index (χ3v) is 3.69. The van der Waals surface area contributed by atoms with Gasteiger partial charge in [-0.2, -0.15) is 0 Å². The molecule has 2 rings (SSSR count). The lowest BCUT2D eigenvalue weighted by Gasteiger charge is -2.19. The summed E-state index contributed by atoms with van der Waals surface area (Å²) >= 11 is 0. The van der Waals surface area contributed by atoms with E-state index in [0.29, 0.717) is 24.6 Å². The molecule has 0 saturated heterocycles. The van der Waals surface area contributed by atoms with E-state index < -0.39 is 0 Å². The number of hydrogen-bond donors (Lipinski definition) is 2. The van der Waals surface area contributed by atoms with E-state index in [2.05, 4.69) is 5.32 Å². The Hall–Kier alpha value is -1.55. The summed E-state index contributed by atoms with van der Waals surface area (Å²) in [6, 6.07) is 7.51. The largest absolute Gasteiger partial charge is 0.494 e. The third-order valence-electron chi connectivity index (χ3n) is 3.69. The molecule has 1 aliphatic rings. The minimum atomic E-state index is -0.0353. The highest BCUT2D eigenvalue weighted by molar-refractivity contribution is 5.94. The van der Waals surface area contributed by atoms with Crippen molar-refractivity contribution < 1.29 is 9.53 Å². The monoisotopic (exact) mass is 262 g/mol. The lowest BCUT2D eigenvalue weighted by Crippen LogP contribution is -2.39. The molecule has 1 aromatic carbocycles. The van der Waals surface area contributed by atoms with Gasteiger partial charge in [0, 0.05) is 11.6 Å². The molecule has 2 atom stereocenters. The SMILES string of the molecule is CCOc1cccc(C(=O)NC2CCCC2CN)c1. The minimum absolute atomic E-state index is 0.0353. The molecule has 1 saturated carbocycles. The van der Waals surface area contributed by atoms with Gasteiger partial charge in [0.15, 0.2) is 0 Å². The van der Waals surface area contributed by atoms with E-state index in [0.717, 1.165) is 25.0 Å². The molecule has 19 heavy (non-hydrogen) atoms. The third kappa shape index (κ3) is 3.47. The van der Waals surface area contributed by atoms with Gasteiger partial charge in [-0.15, -0.1) is 0 Å². The Balaban J connectivity index is 2.01. The number of ether oxygens (including phenoxy) is 1. The van der Waals surface area contributed by atoms with Crippen LogP contribution >= 0.6 is 0 Å². The van der Waals surface area contributed by atoms with E-state index in [1.807, 2.05) is 25.1 Å². The van der Waals surface area contributed by atoms with Crippen molar-refractivity contribution >= 4 is 5.91 Å². The Bertz CT molecular complexity index is 434. The van der Waals surface area contributed by atoms with Crippen molar-refractivity contribution in [3.63, 3.8) is 0 Å². The van der Waals surface area contributed by atoms with Gasteiger partial charge in [-0.3, -0.25) is 4.79 Å². The summed E-state index contributed by atoms with van der Waals surface area (Å²) in [7, 11) is 0. The highest BCUT2D eigenvalue weighted by Gasteiger charge is 2.27. The standard InChI is InChI=1S/C15H22N2O2/c1-2-19-13-7-3-5-11(9-13)15(18)17-14-8-4-6-12(14)10-16/h3,5,7,9,12,14H,2,4,6,8,10,16H2,1H3,(H,17,18). The highest BCUT2D eigenvalue weighted by Crippen LogP contribution is 2.25. The predicted molar refractivity (Wildman–Crippen MR) is 75.3 cm³/mol. The molecule has 0 radical (unpaired) electrons. The maximum Gasteiger partial charge on any atom is 0.251 e. The Morgan fingerprint density at radius 1 is 1.47 bits per heavy atom. The fourth-order valence-corrected chi connectivity index (χ4v) is 2.65. The van der Waals surface area contributed by atoms with E-state index in [4.69, 9.17) is 10.5 Å². The van der Waals surface area contributed by atoms with Crippen molar-refractivity contribution in [3.05, 3.63) is 29.8 Å². The van der Waals surface area contributed by atoms with Crippen LogP contribution in [-0.2, 0) is 0 Å². The second kappa shape index (κ2) is 6.57. The van der Waals surface area contributed by atoms with Crippen molar-refractivity contribution in [2.75, 3.05) is 13.2 Å². The zero-order chi connectivity index (χ0) is 13.7. The smallest absolute Gasteiger partial charge is 0.251 e. The average Bonchev–Trinajstić information content (AvgIpc) is 2.86. The number of carbonyl (C=O) groups excluding carboxylic acids is 1. The van der Waals surface area contributed by atoms with Crippen LogP contribution in [-0.4, -0.2) is 25.1 Å². The van der Waals surface area contributed by atoms with Crippen LogP contribution in [0.5, 0.6) is 5.75 Å². The molecule has 0 heterocycles. The number of carbonyl (C=O) groups is 1. The van der Waals surface area contributed by atoms with Gasteiger partial charge >= 0.3 is 0 Å². The maximum absolute atomic E-state index is 12.2. The quantitative estimate of drug-likeness (QED) is 0.852. The highest BCUT2D eigenvalue weighted by atomic mass is 16.5. The first-order valence-electron chi connectivity index (χ1n) is 6.98. The molecule has 0 spiro atoms. The van der Waals surface area contributed by atoms with Crippen molar-refractivity contribution in [3.8, 4) is 5.75 Å². The number of nitrogens with two attached hydrogens (primary N) is 1. The van der Waals surface area contributed by atoms with Crippen molar-refractivity contribution in [2.24, 2.45) is 11.7 Å². The zero-order valence-corrected chi connectivity index (χ0v) is 11.4. The Kier molecular flexibility index (Phi) is 4.80. The van der Waals surface area contributed by atoms with E-state index in [1.54, 1.807) is 6.07 Å². The molecule has 104 valence electrons. The summed E-state index contributed by atoms with van der Waals surface area (Å²) < 4.78 is 5.41. The summed E-state index contributed by atoms with van der Waals surface area (Å²) in [6.07, 6.45) is 3.28. The summed E-state index contributed by atoms with van der Waals surface area (Å²) in [4.78, 5) is 12.2. The second-order valence-corrected chi connectivity index (χ2v) is 4.97. The molecular weight excluding hydrogens is 240 g/mol. The van der Waals surface area contributed by atoms with E-state index >= 15 is 0 Å². The van der Waals surface area contributed by atoms with E-state index in [1.165, 1.54) is 0 Å². The molecule has 4 heteroatoms. The fourth-order valence-electron chi connectivity index (χ4n) is 2.65. The lowest BCUT2D eigenvalue weighted by molar-refractivity contribution is 0.0928. The van der Waals surface area contributed by atoms with Gasteiger partial charge in [-0.25, -0.2) is 0 Å². The first-order valence-corrected chi connectivity index (χ1v) is 6.98. The van der Waals surface area contributed by atoms with Gasteiger partial charge in [0.25, 0.3) is 5.91 Å². The summed E-state index contributed by atoms with van der Waals surface area (Å²) in [6.45, 7) is 3.17. The van der Waals surface area contributed by atoms with Crippen LogP contribution in [0.25, 0.3) is 0 Å². The maximum atomic E-state index is 12.2. The number of amides is 1. The molecule has 4 nitrogen and oxygen atoms in total. The molecule has 1 fully saturated rings. The summed E-state index contributed by atoms with van der Waals surface area (Å²) in [5, 5.41) is 3.09. The van der Waals surface area contributed by atoms with Crippen LogP contribution in [0.2, 0.25) is 0 Å². The predicted octanol–water partition coefficient (Wildman–Crippen LogP) is 1.94. The summed E-state index contributed by atoms with van der Waals surface area (Å²) in [5.41, 5.74) is 6.38. The van der Waals surface area contributed by atoms with Crippen molar-refractivity contribution in [2.45, 2.75) is 32.2 Å². The summed E-state index contributed by atoms with van der Waals surface area (Å²) in [5.74, 6) is 1.11. The van der Waals surface area contributed by atoms with Crippen LogP contribution in [0, 0.1) is 5.92 Å². The molecule has 3 N–H and O–H groups in total. The van der Waals surface area contributed by atoms with E-state index in [9.17, 15) is 4.79 Å². The normalized spacial score (nSPS) is 22.2. The van der Waals surface area contributed by atoms with Gasteiger partial charge in [-0.1, -0.05) is 12.5 Å². The number of rotatable bonds is 5. The lowest BCUT2D eigenvalue weighted by atomic mass is 10.0. The number of benzene rings is 1. The van der Waals surface area contributed by atoms with Crippen LogP contribution in [0.3, 0.4) is 0 Å². The molecule has 1 aromatic rings. The number of hydrogen-bond acceptors (Lipinski definition) is 3. The molecule has 1 amide bonds. The second-order valence-electron chi connectivity index (χ2n) is 4.97. The first-order chi connectivity index (χ1) is 9.24. The Morgan fingerprint density at radius 2 is 2.32 bits per heavy atom. The molecule has 0 bridgehead atoms. The first kappa shape index (κ1) is 13.9. The Morgan fingerprint density at radius 3 is 3.05 bits per heavy atom. The molecular formula is C15H22N2O2. The van der Waals surface area contributed by atoms with Crippen molar-refractivity contribution in [1.82, 2.24) is 5.32 Å². The average molecular weight is 262 g/mol. The van der Waals surface area contributed by atoms with Crippen molar-refractivity contribution in [1.29, 1.82) is 0 Å². The molecule has 0 aliphatic heterocycles. The minimum Gasteiger partial charge on any atom is -0.494 e. The number of nitrogens with one attached hydrogen (secondary N) is 1. The zero-order valence-electron chi connectivity index (χ0n) is 11.4. The van der Waals surface area contributed by atoms with Gasteiger partial charge in [-0.05, 0) is 50.4 Å². The molecule has 2 unspecified atom stereocenters. The van der Waals surface area contributed by atoms with Gasteiger partial charge in [0.05, 0.1) is 6.61 Å². The van der Waals surface area contributed by atoms with Gasteiger partial charge in [0.2, 0.25) is 0 Å². The van der Waals surface area contributed by atoms with E-state index in [-0.39, 0.29) is 11.9 Å². The molecule has 1 aliphatic carbocycles. The van der Waals surface area contributed by atoms with Crippen LogP contribution in [0.15, 0.2) is 24.3 Å². The van der Waals surface area contributed by atoms with Crippen LogP contribution < -0.4 is 15.8 Å². The Labute approximate surface area is 114 Å². The fraction of sp³-hybridized carbons (Fsp3) is 0.533. The van der Waals surface area contributed by atoms with Gasteiger partial charge in [0.1, 0.15) is 5.75 Å². The topological polar surface area (TPSA) is 64.3 Å². The molecule has 0 aromatic heterocycles. The van der Waals surface area contributed by atoms with Gasteiger partial charge < -0.3 is 15.8 Å².